The molecule has 0 aliphatic rings. The lowest BCUT2D eigenvalue weighted by atomic mass is 10.0. The Labute approximate surface area is 261 Å². The Morgan fingerprint density at radius 1 is 0.750 bits per heavy atom. The average Bonchev–Trinajstić information content (AvgIpc) is 3.01. The van der Waals surface area contributed by atoms with Gasteiger partial charge in [-0.05, 0) is 66.3 Å². The molecule has 0 heterocycles. The molecular formula is C36H41N3O4S. The lowest BCUT2D eigenvalue weighted by Gasteiger charge is -2.34. The van der Waals surface area contributed by atoms with E-state index >= 15 is 0 Å². The van der Waals surface area contributed by atoms with Gasteiger partial charge in [-0.15, -0.1) is 0 Å². The summed E-state index contributed by atoms with van der Waals surface area (Å²) in [6, 6.07) is 31.7. The fourth-order valence-corrected chi connectivity index (χ4v) is 6.52. The monoisotopic (exact) mass is 611 g/mol. The number of sulfonamides is 1. The summed E-state index contributed by atoms with van der Waals surface area (Å²) in [6.45, 7) is 7.91. The minimum Gasteiger partial charge on any atom is -0.354 e. The number of amides is 2. The molecule has 0 spiro atoms. The van der Waals surface area contributed by atoms with Crippen molar-refractivity contribution in [2.75, 3.05) is 17.4 Å². The van der Waals surface area contributed by atoms with Gasteiger partial charge in [0, 0.05) is 19.5 Å². The third kappa shape index (κ3) is 8.57. The number of hydrogen-bond acceptors (Lipinski definition) is 4. The van der Waals surface area contributed by atoms with E-state index in [2.05, 4.69) is 5.32 Å². The first-order chi connectivity index (χ1) is 21.0. The van der Waals surface area contributed by atoms with Crippen molar-refractivity contribution in [3.8, 4) is 0 Å². The second kappa shape index (κ2) is 14.8. The van der Waals surface area contributed by atoms with Crippen LogP contribution in [0.25, 0.3) is 0 Å². The summed E-state index contributed by atoms with van der Waals surface area (Å²) in [7, 11) is -4.13. The van der Waals surface area contributed by atoms with Gasteiger partial charge in [-0.25, -0.2) is 8.42 Å². The number of benzene rings is 4. The molecule has 44 heavy (non-hydrogen) atoms. The molecule has 1 atom stereocenters. The number of carbonyl (C=O) groups excluding carboxylic acids is 2. The van der Waals surface area contributed by atoms with Gasteiger partial charge in [0.15, 0.2) is 0 Å². The molecule has 0 aliphatic carbocycles. The Balaban J connectivity index is 1.80. The van der Waals surface area contributed by atoms with Crippen LogP contribution in [0.1, 0.15) is 36.1 Å². The summed E-state index contributed by atoms with van der Waals surface area (Å²) in [5, 5.41) is 3.01. The fraction of sp³-hybridized carbons (Fsp3) is 0.278. The zero-order valence-corrected chi connectivity index (χ0v) is 26.6. The zero-order chi connectivity index (χ0) is 31.7. The average molecular weight is 612 g/mol. The lowest BCUT2D eigenvalue weighted by molar-refractivity contribution is -0.140. The first kappa shape index (κ1) is 32.5. The minimum atomic E-state index is -4.13. The highest BCUT2D eigenvalue weighted by Gasteiger charge is 2.34. The molecule has 0 aliphatic heterocycles. The van der Waals surface area contributed by atoms with Crippen molar-refractivity contribution in [1.82, 2.24) is 10.2 Å². The number of nitrogens with zero attached hydrogens (tertiary/aromatic N) is 2. The number of aryl methyl sites for hydroxylation is 2. The van der Waals surface area contributed by atoms with E-state index < -0.39 is 28.5 Å². The van der Waals surface area contributed by atoms with Crippen LogP contribution < -0.4 is 9.62 Å². The number of nitrogens with one attached hydrogen (secondary N) is 1. The van der Waals surface area contributed by atoms with Crippen LogP contribution in [-0.4, -0.2) is 44.3 Å². The SMILES string of the molecule is Cc1cc(C)cc(N(CC(=O)N(Cc2ccccc2)[C@H](Cc2ccccc2)C(=O)NCC(C)C)S(=O)(=O)c2ccccc2)c1. The van der Waals surface area contributed by atoms with Crippen molar-refractivity contribution in [3.05, 3.63) is 131 Å². The van der Waals surface area contributed by atoms with Crippen molar-refractivity contribution in [3.63, 3.8) is 0 Å². The van der Waals surface area contributed by atoms with E-state index in [9.17, 15) is 18.0 Å². The molecule has 7 nitrogen and oxygen atoms in total. The Bertz CT molecular complexity index is 1620. The van der Waals surface area contributed by atoms with Crippen LogP contribution in [0.2, 0.25) is 0 Å². The summed E-state index contributed by atoms with van der Waals surface area (Å²) < 4.78 is 29.4. The van der Waals surface area contributed by atoms with Gasteiger partial charge in [0.05, 0.1) is 10.6 Å². The quantitative estimate of drug-likeness (QED) is 0.204. The first-order valence-electron chi connectivity index (χ1n) is 14.9. The summed E-state index contributed by atoms with van der Waals surface area (Å²) in [5.74, 6) is -0.547. The number of rotatable bonds is 13. The maximum atomic E-state index is 14.5. The van der Waals surface area contributed by atoms with Crippen molar-refractivity contribution in [1.29, 1.82) is 0 Å². The molecule has 1 N–H and O–H groups in total. The standard InChI is InChI=1S/C36H41N3O4S/c1-27(2)24-37-36(41)34(23-30-14-8-5-9-15-30)38(25-31-16-10-6-11-17-31)35(40)26-39(32-21-28(3)20-29(4)22-32)44(42,43)33-18-12-7-13-19-33/h5-22,27,34H,23-26H2,1-4H3,(H,37,41)/t34-/m1/s1. The van der Waals surface area contributed by atoms with E-state index in [1.165, 1.54) is 17.0 Å². The molecular weight excluding hydrogens is 570 g/mol. The predicted octanol–water partition coefficient (Wildman–Crippen LogP) is 5.91. The topological polar surface area (TPSA) is 86.8 Å². The predicted molar refractivity (Wildman–Crippen MR) is 176 cm³/mol. The molecule has 8 heteroatoms. The summed E-state index contributed by atoms with van der Waals surface area (Å²) >= 11 is 0. The molecule has 0 saturated heterocycles. The largest absolute Gasteiger partial charge is 0.354 e. The van der Waals surface area contributed by atoms with Crippen LogP contribution in [0.5, 0.6) is 0 Å². The van der Waals surface area contributed by atoms with Crippen LogP contribution in [0.3, 0.4) is 0 Å². The second-order valence-corrected chi connectivity index (χ2v) is 13.4. The summed E-state index contributed by atoms with van der Waals surface area (Å²) in [4.78, 5) is 29.9. The molecule has 0 aromatic heterocycles. The Kier molecular flexibility index (Phi) is 11.0. The van der Waals surface area contributed by atoms with E-state index in [1.807, 2.05) is 94.4 Å². The van der Waals surface area contributed by atoms with Gasteiger partial charge in [-0.1, -0.05) is 98.8 Å². The van der Waals surface area contributed by atoms with E-state index in [1.54, 1.807) is 30.3 Å². The van der Waals surface area contributed by atoms with Crippen LogP contribution in [0.4, 0.5) is 5.69 Å². The maximum Gasteiger partial charge on any atom is 0.264 e. The Hall–Kier alpha value is -4.43. The van der Waals surface area contributed by atoms with Crippen LogP contribution >= 0.6 is 0 Å². The van der Waals surface area contributed by atoms with Gasteiger partial charge < -0.3 is 10.2 Å². The van der Waals surface area contributed by atoms with E-state index in [4.69, 9.17) is 0 Å². The molecule has 0 saturated carbocycles. The maximum absolute atomic E-state index is 14.5. The fourth-order valence-electron chi connectivity index (χ4n) is 5.10. The van der Waals surface area contributed by atoms with Gasteiger partial charge in [0.2, 0.25) is 11.8 Å². The van der Waals surface area contributed by atoms with E-state index in [0.717, 1.165) is 26.6 Å². The first-order valence-corrected chi connectivity index (χ1v) is 16.3. The number of hydrogen-bond donors (Lipinski definition) is 1. The van der Waals surface area contributed by atoms with Gasteiger partial charge in [0.1, 0.15) is 12.6 Å². The van der Waals surface area contributed by atoms with Gasteiger partial charge in [-0.3, -0.25) is 13.9 Å². The molecule has 4 aromatic rings. The Morgan fingerprint density at radius 2 is 1.27 bits per heavy atom. The molecule has 4 rings (SSSR count). The molecule has 2 amide bonds. The van der Waals surface area contributed by atoms with Gasteiger partial charge in [-0.2, -0.15) is 0 Å². The van der Waals surface area contributed by atoms with Crippen molar-refractivity contribution < 1.29 is 18.0 Å². The molecule has 0 fully saturated rings. The molecule has 4 aromatic carbocycles. The van der Waals surface area contributed by atoms with Crippen LogP contribution in [-0.2, 0) is 32.6 Å². The highest BCUT2D eigenvalue weighted by Crippen LogP contribution is 2.27. The van der Waals surface area contributed by atoms with Crippen molar-refractivity contribution in [2.45, 2.75) is 51.6 Å². The van der Waals surface area contributed by atoms with E-state index in [0.29, 0.717) is 12.2 Å². The smallest absolute Gasteiger partial charge is 0.264 e. The van der Waals surface area contributed by atoms with E-state index in [-0.39, 0.29) is 29.7 Å². The number of carbonyl (C=O) groups is 2. The van der Waals surface area contributed by atoms with Crippen LogP contribution in [0, 0.1) is 19.8 Å². The normalized spacial score (nSPS) is 12.0. The summed E-state index contributed by atoms with van der Waals surface area (Å²) in [6.07, 6.45) is 0.276. The zero-order valence-electron chi connectivity index (χ0n) is 25.8. The van der Waals surface area contributed by atoms with Gasteiger partial charge in [0.25, 0.3) is 10.0 Å². The third-order valence-corrected chi connectivity index (χ3v) is 9.04. The molecule has 230 valence electrons. The Morgan fingerprint density at radius 3 is 1.82 bits per heavy atom. The van der Waals surface area contributed by atoms with Crippen LogP contribution in [0.15, 0.2) is 114 Å². The molecule has 0 unspecified atom stereocenters. The minimum absolute atomic E-state index is 0.0806. The highest BCUT2D eigenvalue weighted by atomic mass is 32.2. The van der Waals surface area contributed by atoms with Crippen molar-refractivity contribution in [2.24, 2.45) is 5.92 Å². The van der Waals surface area contributed by atoms with Crippen molar-refractivity contribution >= 4 is 27.5 Å². The molecule has 0 radical (unpaired) electrons. The number of anilines is 1. The molecule has 0 bridgehead atoms. The summed E-state index contributed by atoms with van der Waals surface area (Å²) in [5.41, 5.74) is 3.86. The third-order valence-electron chi connectivity index (χ3n) is 7.26. The second-order valence-electron chi connectivity index (χ2n) is 11.5. The van der Waals surface area contributed by atoms with Gasteiger partial charge >= 0.3 is 0 Å². The highest BCUT2D eigenvalue weighted by molar-refractivity contribution is 7.92. The lowest BCUT2D eigenvalue weighted by Crippen LogP contribution is -2.53.